The number of aryl methyl sites for hydroxylation is 1. The van der Waals surface area contributed by atoms with Crippen LogP contribution in [0.3, 0.4) is 0 Å². The summed E-state index contributed by atoms with van der Waals surface area (Å²) in [4.78, 5) is 0. The van der Waals surface area contributed by atoms with Crippen LogP contribution in [-0.4, -0.2) is 16.3 Å². The SMILES string of the molecule is CCc1ccccc1-n1nc(Cc2ccc(Cl)cc2Cl)c2c1NCC2. The minimum Gasteiger partial charge on any atom is -0.369 e. The van der Waals surface area contributed by atoms with Crippen molar-refractivity contribution in [2.24, 2.45) is 0 Å². The molecule has 0 aliphatic carbocycles. The summed E-state index contributed by atoms with van der Waals surface area (Å²) in [5.74, 6) is 1.11. The highest BCUT2D eigenvalue weighted by Crippen LogP contribution is 2.32. The molecule has 1 aliphatic heterocycles. The number of hydrogen-bond acceptors (Lipinski definition) is 2. The molecule has 0 spiro atoms. The van der Waals surface area contributed by atoms with Gasteiger partial charge >= 0.3 is 0 Å². The van der Waals surface area contributed by atoms with E-state index in [0.29, 0.717) is 16.5 Å². The monoisotopic (exact) mass is 371 g/mol. The number of aromatic nitrogens is 2. The lowest BCUT2D eigenvalue weighted by Crippen LogP contribution is -2.07. The van der Waals surface area contributed by atoms with Crippen LogP contribution in [-0.2, 0) is 19.3 Å². The van der Waals surface area contributed by atoms with E-state index in [1.54, 1.807) is 6.07 Å². The van der Waals surface area contributed by atoms with Crippen LogP contribution in [0.15, 0.2) is 42.5 Å². The van der Waals surface area contributed by atoms with Gasteiger partial charge in [0.25, 0.3) is 0 Å². The van der Waals surface area contributed by atoms with Crippen LogP contribution < -0.4 is 5.32 Å². The summed E-state index contributed by atoms with van der Waals surface area (Å²) in [5, 5.41) is 9.77. The summed E-state index contributed by atoms with van der Waals surface area (Å²) in [6.07, 6.45) is 2.68. The van der Waals surface area contributed by atoms with E-state index in [1.165, 1.54) is 11.1 Å². The Morgan fingerprint density at radius 2 is 1.96 bits per heavy atom. The average molecular weight is 372 g/mol. The molecular weight excluding hydrogens is 353 g/mol. The molecule has 3 aromatic rings. The molecule has 1 N–H and O–H groups in total. The molecule has 2 aromatic carbocycles. The first-order valence-corrected chi connectivity index (χ1v) is 9.29. The van der Waals surface area contributed by atoms with Crippen LogP contribution in [0.25, 0.3) is 5.69 Å². The number of hydrogen-bond donors (Lipinski definition) is 1. The van der Waals surface area contributed by atoms with E-state index >= 15 is 0 Å². The number of fused-ring (bicyclic) bond motifs is 1. The maximum absolute atomic E-state index is 6.37. The molecule has 0 amide bonds. The van der Waals surface area contributed by atoms with Crippen LogP contribution in [0.2, 0.25) is 10.0 Å². The predicted molar refractivity (Wildman–Crippen MR) is 104 cm³/mol. The van der Waals surface area contributed by atoms with Crippen LogP contribution in [0.1, 0.15) is 29.3 Å². The number of rotatable bonds is 4. The molecule has 2 heterocycles. The fraction of sp³-hybridized carbons (Fsp3) is 0.250. The normalized spacial score (nSPS) is 12.9. The first-order valence-electron chi connectivity index (χ1n) is 8.54. The number of para-hydroxylation sites is 1. The third kappa shape index (κ3) is 3.03. The summed E-state index contributed by atoms with van der Waals surface area (Å²) < 4.78 is 2.06. The zero-order chi connectivity index (χ0) is 17.4. The molecule has 0 fully saturated rings. The maximum atomic E-state index is 6.37. The highest BCUT2D eigenvalue weighted by molar-refractivity contribution is 6.35. The Bertz CT molecular complexity index is 931. The van der Waals surface area contributed by atoms with Gasteiger partial charge in [-0.25, -0.2) is 4.68 Å². The van der Waals surface area contributed by atoms with Crippen LogP contribution in [0.5, 0.6) is 0 Å². The zero-order valence-electron chi connectivity index (χ0n) is 14.0. The highest BCUT2D eigenvalue weighted by Gasteiger charge is 2.24. The van der Waals surface area contributed by atoms with Crippen molar-refractivity contribution in [2.75, 3.05) is 11.9 Å². The quantitative estimate of drug-likeness (QED) is 0.674. The molecule has 1 aliphatic rings. The van der Waals surface area contributed by atoms with Crippen molar-refractivity contribution in [3.63, 3.8) is 0 Å². The summed E-state index contributed by atoms with van der Waals surface area (Å²) >= 11 is 12.4. The molecule has 5 heteroatoms. The molecule has 1 aromatic heterocycles. The highest BCUT2D eigenvalue weighted by atomic mass is 35.5. The lowest BCUT2D eigenvalue weighted by Gasteiger charge is -2.10. The first kappa shape index (κ1) is 16.5. The van der Waals surface area contributed by atoms with Crippen molar-refractivity contribution in [3.8, 4) is 5.69 Å². The molecule has 4 rings (SSSR count). The second-order valence-electron chi connectivity index (χ2n) is 6.26. The van der Waals surface area contributed by atoms with Gasteiger partial charge in [-0.3, -0.25) is 0 Å². The average Bonchev–Trinajstić information content (AvgIpc) is 3.21. The van der Waals surface area contributed by atoms with Gasteiger partial charge in [-0.1, -0.05) is 54.4 Å². The lowest BCUT2D eigenvalue weighted by atomic mass is 10.1. The molecule has 0 unspecified atom stereocenters. The summed E-state index contributed by atoms with van der Waals surface area (Å²) in [7, 11) is 0. The topological polar surface area (TPSA) is 29.9 Å². The van der Waals surface area contributed by atoms with Gasteiger partial charge in [-0.05, 0) is 42.2 Å². The fourth-order valence-corrected chi connectivity index (χ4v) is 3.90. The number of halogens is 2. The third-order valence-corrected chi connectivity index (χ3v) is 5.29. The lowest BCUT2D eigenvalue weighted by molar-refractivity contribution is 0.829. The minimum atomic E-state index is 0.656. The van der Waals surface area contributed by atoms with Gasteiger partial charge in [-0.2, -0.15) is 5.10 Å². The smallest absolute Gasteiger partial charge is 0.133 e. The van der Waals surface area contributed by atoms with Gasteiger partial charge in [0.2, 0.25) is 0 Å². The molecule has 0 atom stereocenters. The zero-order valence-corrected chi connectivity index (χ0v) is 15.5. The Labute approximate surface area is 157 Å². The molecule has 0 saturated heterocycles. The standard InChI is InChI=1S/C20H19Cl2N3/c1-2-13-5-3-4-6-19(13)25-20-16(9-10-23-20)18(24-25)11-14-7-8-15(21)12-17(14)22/h3-8,12,23H,2,9-11H2,1H3. The summed E-state index contributed by atoms with van der Waals surface area (Å²) in [5.41, 5.74) is 5.85. The van der Waals surface area contributed by atoms with E-state index in [0.717, 1.165) is 42.1 Å². The summed E-state index contributed by atoms with van der Waals surface area (Å²) in [6.45, 7) is 3.12. The number of nitrogens with one attached hydrogen (secondary N) is 1. The van der Waals surface area contributed by atoms with E-state index in [2.05, 4.69) is 41.2 Å². The largest absolute Gasteiger partial charge is 0.369 e. The molecule has 128 valence electrons. The number of benzene rings is 2. The third-order valence-electron chi connectivity index (χ3n) is 4.71. The molecule has 0 saturated carbocycles. The Kier molecular flexibility index (Phi) is 4.45. The van der Waals surface area contributed by atoms with Gasteiger partial charge in [0.05, 0.1) is 11.4 Å². The van der Waals surface area contributed by atoms with Crippen LogP contribution >= 0.6 is 23.2 Å². The van der Waals surface area contributed by atoms with E-state index < -0.39 is 0 Å². The van der Waals surface area contributed by atoms with Crippen molar-refractivity contribution in [1.82, 2.24) is 9.78 Å². The van der Waals surface area contributed by atoms with E-state index in [9.17, 15) is 0 Å². The minimum absolute atomic E-state index is 0.656. The van der Waals surface area contributed by atoms with Gasteiger partial charge in [0.1, 0.15) is 5.82 Å². The van der Waals surface area contributed by atoms with Crippen molar-refractivity contribution >= 4 is 29.0 Å². The second kappa shape index (κ2) is 6.74. The molecule has 25 heavy (non-hydrogen) atoms. The van der Waals surface area contributed by atoms with Gasteiger partial charge in [0.15, 0.2) is 0 Å². The van der Waals surface area contributed by atoms with E-state index in [-0.39, 0.29) is 0 Å². The van der Waals surface area contributed by atoms with Crippen molar-refractivity contribution < 1.29 is 0 Å². The van der Waals surface area contributed by atoms with Gasteiger partial charge < -0.3 is 5.32 Å². The van der Waals surface area contributed by atoms with Gasteiger partial charge in [0, 0.05) is 28.6 Å². The first-order chi connectivity index (χ1) is 12.2. The molecule has 0 radical (unpaired) electrons. The van der Waals surface area contributed by atoms with Crippen molar-refractivity contribution in [1.29, 1.82) is 0 Å². The Morgan fingerprint density at radius 1 is 1.12 bits per heavy atom. The summed E-state index contributed by atoms with van der Waals surface area (Å²) in [6, 6.07) is 14.1. The van der Waals surface area contributed by atoms with Gasteiger partial charge in [-0.15, -0.1) is 0 Å². The molecule has 0 bridgehead atoms. The predicted octanol–water partition coefficient (Wildman–Crippen LogP) is 5.30. The van der Waals surface area contributed by atoms with Crippen LogP contribution in [0, 0.1) is 0 Å². The van der Waals surface area contributed by atoms with Crippen molar-refractivity contribution in [3.05, 3.63) is 74.9 Å². The number of anilines is 1. The number of nitrogens with zero attached hydrogens (tertiary/aromatic N) is 2. The molecular formula is C20H19Cl2N3. The Hall–Kier alpha value is -1.97. The Morgan fingerprint density at radius 3 is 2.76 bits per heavy atom. The van der Waals surface area contributed by atoms with Crippen LogP contribution in [0.4, 0.5) is 5.82 Å². The Balaban J connectivity index is 1.78. The van der Waals surface area contributed by atoms with E-state index in [4.69, 9.17) is 28.3 Å². The molecule has 3 nitrogen and oxygen atoms in total. The van der Waals surface area contributed by atoms with Crippen molar-refractivity contribution in [2.45, 2.75) is 26.2 Å². The maximum Gasteiger partial charge on any atom is 0.133 e. The fourth-order valence-electron chi connectivity index (χ4n) is 3.42. The van der Waals surface area contributed by atoms with E-state index in [1.807, 2.05) is 12.1 Å². The second-order valence-corrected chi connectivity index (χ2v) is 7.10.